The quantitative estimate of drug-likeness (QED) is 0.334. The van der Waals surface area contributed by atoms with E-state index in [2.05, 4.69) is 0 Å². The first-order valence-electron chi connectivity index (χ1n) is 10.2. The Morgan fingerprint density at radius 3 is 0.862 bits per heavy atom. The maximum atomic E-state index is 10.1. The number of rotatable bonds is 12. The molecule has 29 heavy (non-hydrogen) atoms. The van der Waals surface area contributed by atoms with E-state index in [0.29, 0.717) is 0 Å². The topological polar surface area (TPSA) is 120 Å². The minimum Gasteiger partial charge on any atom is -0.550 e. The van der Waals surface area contributed by atoms with Crippen molar-refractivity contribution in [1.82, 2.24) is 0 Å². The minimum atomic E-state index is -0.927. The average molecular weight is 460 g/mol. The molecule has 0 radical (unpaired) electrons. The van der Waals surface area contributed by atoms with Crippen LogP contribution in [0, 0.1) is 17.8 Å². The monoisotopic (exact) mass is 458 g/mol. The molecule has 0 aliphatic rings. The van der Waals surface area contributed by atoms with Gasteiger partial charge in [0.05, 0.1) is 0 Å². The molecule has 0 aromatic rings. The van der Waals surface area contributed by atoms with Crippen molar-refractivity contribution >= 4 is 17.9 Å². The van der Waals surface area contributed by atoms with Gasteiger partial charge in [-0.2, -0.15) is 0 Å². The molecule has 0 spiro atoms. The van der Waals surface area contributed by atoms with Crippen molar-refractivity contribution in [2.45, 2.75) is 99.3 Å². The van der Waals surface area contributed by atoms with Crippen LogP contribution in [0.1, 0.15) is 99.3 Å². The molecule has 8 heteroatoms. The van der Waals surface area contributed by atoms with Crippen molar-refractivity contribution in [2.75, 3.05) is 0 Å². The Bertz CT molecular complexity index is 336. The summed E-state index contributed by atoms with van der Waals surface area (Å²) in [6, 6.07) is 0. The van der Waals surface area contributed by atoms with Crippen LogP contribution in [0.25, 0.3) is 0 Å². The molecule has 0 saturated carbocycles. The molecule has 0 aromatic heterocycles. The summed E-state index contributed by atoms with van der Waals surface area (Å²) >= 11 is 0. The maximum absolute atomic E-state index is 10.1. The van der Waals surface area contributed by atoms with Crippen LogP contribution in [-0.2, 0) is 33.9 Å². The molecule has 0 rings (SSSR count). The first-order chi connectivity index (χ1) is 12.5. The summed E-state index contributed by atoms with van der Waals surface area (Å²) in [5.74, 6) is -3.60. The Hall–Kier alpha value is -0.369. The maximum Gasteiger partial charge on any atom is 2.00 e. The van der Waals surface area contributed by atoms with E-state index in [1.165, 1.54) is 0 Å². The van der Waals surface area contributed by atoms with E-state index >= 15 is 0 Å². The third-order valence-electron chi connectivity index (χ3n) is 4.18. The van der Waals surface area contributed by atoms with Gasteiger partial charge in [-0.15, -0.1) is 0 Å². The average Bonchev–Trinajstić information content (AvgIpc) is 2.62. The predicted molar refractivity (Wildman–Crippen MR) is 101 cm³/mol. The second kappa shape index (κ2) is 27.6. The molecule has 162 valence electrons. The van der Waals surface area contributed by atoms with Gasteiger partial charge in [0.2, 0.25) is 0 Å². The zero-order valence-electron chi connectivity index (χ0n) is 19.8. The third-order valence-corrected chi connectivity index (χ3v) is 4.18. The van der Waals surface area contributed by atoms with Crippen molar-refractivity contribution in [3.63, 3.8) is 0 Å². The Morgan fingerprint density at radius 1 is 0.586 bits per heavy atom. The molecule has 0 aromatic carbocycles. The smallest absolute Gasteiger partial charge is 0.550 e. The fourth-order valence-electron chi connectivity index (χ4n) is 1.88. The second-order valence-electron chi connectivity index (χ2n) is 7.09. The van der Waals surface area contributed by atoms with E-state index in [1.54, 1.807) is 20.8 Å². The van der Waals surface area contributed by atoms with Crippen LogP contribution >= 0.6 is 0 Å². The number of aliphatic carboxylic acids is 3. The van der Waals surface area contributed by atoms with Gasteiger partial charge < -0.3 is 29.7 Å². The molecular weight excluding hydrogens is 421 g/mol. The number of carboxylic acids is 3. The van der Waals surface area contributed by atoms with Crippen molar-refractivity contribution < 1.29 is 68.0 Å². The Morgan fingerprint density at radius 2 is 0.759 bits per heavy atom. The van der Waals surface area contributed by atoms with Gasteiger partial charge in [0.25, 0.3) is 0 Å². The van der Waals surface area contributed by atoms with E-state index in [9.17, 15) is 29.7 Å². The zero-order valence-corrected chi connectivity index (χ0v) is 22.7. The summed E-state index contributed by atoms with van der Waals surface area (Å²) in [5.41, 5.74) is 0. The largest absolute Gasteiger partial charge is 2.00 e. The summed E-state index contributed by atoms with van der Waals surface area (Å²) in [6.07, 6.45) is 8.35. The number of carbonyl (C=O) groups excluding carboxylic acids is 3. The molecule has 0 heterocycles. The molecule has 0 bridgehead atoms. The van der Waals surface area contributed by atoms with Crippen LogP contribution in [-0.4, -0.2) is 17.9 Å². The fourth-order valence-corrected chi connectivity index (χ4v) is 1.88. The Balaban J connectivity index is -0.0000000960. The minimum absolute atomic E-state index is 0. The molecule has 0 saturated heterocycles. The number of hydrogen-bond acceptors (Lipinski definition) is 6. The number of hydrogen-bond donors (Lipinski definition) is 0. The molecule has 0 aliphatic heterocycles. The molecule has 0 N–H and O–H groups in total. The van der Waals surface area contributed by atoms with E-state index in [-0.39, 0.29) is 56.1 Å². The Labute approximate surface area is 202 Å². The first-order valence-corrected chi connectivity index (χ1v) is 10.2. The van der Waals surface area contributed by atoms with Gasteiger partial charge in [-0.3, -0.25) is 0 Å². The van der Waals surface area contributed by atoms with Crippen molar-refractivity contribution in [1.29, 1.82) is 0 Å². The predicted octanol–water partition coefficient (Wildman–Crippen LogP) is -1.31. The third kappa shape index (κ3) is 32.5. The van der Waals surface area contributed by atoms with Crippen LogP contribution in [0.2, 0.25) is 0 Å². The van der Waals surface area contributed by atoms with Gasteiger partial charge in [0.15, 0.2) is 0 Å². The number of carbonyl (C=O) groups is 3. The summed E-state index contributed by atoms with van der Waals surface area (Å²) in [6.45, 7) is 11.2. The standard InChI is InChI=1S/3C7H14O2.Li.Zn/c3*1-3-4-5-6(2)7(8)9;;/h3*6H,3-5H2,1-2H3,(H,8,9);;/q;;;+1;+2/p-3. The van der Waals surface area contributed by atoms with Gasteiger partial charge in [-0.1, -0.05) is 80.1 Å². The summed E-state index contributed by atoms with van der Waals surface area (Å²) in [4.78, 5) is 30.3. The van der Waals surface area contributed by atoms with Crippen LogP contribution in [0.5, 0.6) is 0 Å². The number of unbranched alkanes of at least 4 members (excludes halogenated alkanes) is 3. The van der Waals surface area contributed by atoms with Crippen LogP contribution < -0.4 is 34.2 Å². The van der Waals surface area contributed by atoms with E-state index in [4.69, 9.17) is 0 Å². The van der Waals surface area contributed by atoms with Gasteiger partial charge in [0, 0.05) is 17.9 Å². The summed E-state index contributed by atoms with van der Waals surface area (Å²) < 4.78 is 0. The van der Waals surface area contributed by atoms with Crippen LogP contribution in [0.15, 0.2) is 0 Å². The fraction of sp³-hybridized carbons (Fsp3) is 0.857. The molecular formula is C21H39LiO6Zn. The second-order valence-corrected chi connectivity index (χ2v) is 7.09. The molecule has 6 nitrogen and oxygen atoms in total. The van der Waals surface area contributed by atoms with Gasteiger partial charge in [0.1, 0.15) is 0 Å². The van der Waals surface area contributed by atoms with Gasteiger partial charge in [-0.05, 0) is 37.0 Å². The normalized spacial score (nSPS) is 12.2. The zero-order chi connectivity index (χ0) is 21.8. The SMILES string of the molecule is CCCCC(C)C(=O)[O-].CCCCC(C)C(=O)[O-].CCCCC(C)C(=O)[O-].[Li+].[Zn+2]. The molecule has 3 atom stereocenters. The van der Waals surface area contributed by atoms with Crippen LogP contribution in [0.3, 0.4) is 0 Å². The van der Waals surface area contributed by atoms with E-state index in [0.717, 1.165) is 57.8 Å². The first kappa shape index (κ1) is 39.1. The van der Waals surface area contributed by atoms with E-state index < -0.39 is 17.9 Å². The molecule has 0 fully saturated rings. The molecule has 0 amide bonds. The number of carboxylic acid groups (broad SMARTS) is 3. The summed E-state index contributed by atoms with van der Waals surface area (Å²) in [5, 5.41) is 30.3. The molecule has 0 aliphatic carbocycles. The van der Waals surface area contributed by atoms with Crippen molar-refractivity contribution in [3.05, 3.63) is 0 Å². The van der Waals surface area contributed by atoms with Gasteiger partial charge >= 0.3 is 38.3 Å². The van der Waals surface area contributed by atoms with Crippen molar-refractivity contribution in [2.24, 2.45) is 17.8 Å². The van der Waals surface area contributed by atoms with E-state index in [1.807, 2.05) is 20.8 Å². The van der Waals surface area contributed by atoms with Gasteiger partial charge in [-0.25, -0.2) is 0 Å². The summed E-state index contributed by atoms with van der Waals surface area (Å²) in [7, 11) is 0. The Kier molecular flexibility index (Phi) is 37.3. The molecule has 3 unspecified atom stereocenters. The van der Waals surface area contributed by atoms with Crippen molar-refractivity contribution in [3.8, 4) is 0 Å². The van der Waals surface area contributed by atoms with Crippen LogP contribution in [0.4, 0.5) is 0 Å².